The number of carbonyl (C=O) groups excluding carboxylic acids is 2. The van der Waals surface area contributed by atoms with Gasteiger partial charge in [0.2, 0.25) is 11.8 Å². The fourth-order valence-electron chi connectivity index (χ4n) is 5.42. The first-order chi connectivity index (χ1) is 14.8. The number of aryl methyl sites for hydroxylation is 1. The Kier molecular flexibility index (Phi) is 5.96. The summed E-state index contributed by atoms with van der Waals surface area (Å²) >= 11 is 0. The number of aliphatic hydroxyl groups excluding tert-OH is 1. The summed E-state index contributed by atoms with van der Waals surface area (Å²) in [7, 11) is 1.54. The quantitative estimate of drug-likeness (QED) is 0.747. The number of nitrogens with zero attached hydrogens (tertiary/aromatic N) is 3. The molecule has 2 amide bonds. The number of methoxy groups -OCH3 is 1. The van der Waals surface area contributed by atoms with Crippen LogP contribution in [0.4, 0.5) is 10.6 Å². The lowest BCUT2D eigenvalue weighted by atomic mass is 9.78. The lowest BCUT2D eigenvalue weighted by Crippen LogP contribution is -2.50. The van der Waals surface area contributed by atoms with E-state index < -0.39 is 11.5 Å². The number of likely N-dealkylation sites (tertiary alicyclic amines) is 1. The van der Waals surface area contributed by atoms with Crippen molar-refractivity contribution in [1.82, 2.24) is 9.88 Å². The summed E-state index contributed by atoms with van der Waals surface area (Å²) in [6, 6.07) is 1.91. The van der Waals surface area contributed by atoms with Crippen molar-refractivity contribution in [2.24, 2.45) is 11.1 Å². The van der Waals surface area contributed by atoms with Crippen LogP contribution < -0.4 is 20.1 Å². The number of hydrogen-bond acceptors (Lipinski definition) is 7. The molecule has 1 aliphatic carbocycles. The Bertz CT molecular complexity index is 855. The smallest absolute Gasteiger partial charge is 0.410 e. The lowest BCUT2D eigenvalue weighted by molar-refractivity contribution is -0.139. The topological polar surface area (TPSA) is 118 Å². The molecule has 3 aliphatic rings. The number of carbonyl (C=O) groups is 2. The molecular formula is C22H32N4O5. The summed E-state index contributed by atoms with van der Waals surface area (Å²) in [5.74, 6) is 1.43. The van der Waals surface area contributed by atoms with Crippen LogP contribution in [0.25, 0.3) is 0 Å². The van der Waals surface area contributed by atoms with E-state index in [4.69, 9.17) is 15.2 Å². The maximum atomic E-state index is 13.6. The number of nitrogens with two attached hydrogens (primary N) is 1. The van der Waals surface area contributed by atoms with Gasteiger partial charge in [-0.2, -0.15) is 4.98 Å². The van der Waals surface area contributed by atoms with Crippen LogP contribution in [0.2, 0.25) is 0 Å². The monoisotopic (exact) mass is 432 g/mol. The second-order valence-electron chi connectivity index (χ2n) is 9.07. The van der Waals surface area contributed by atoms with E-state index in [1.165, 1.54) is 7.11 Å². The van der Waals surface area contributed by atoms with Crippen LogP contribution in [0.3, 0.4) is 0 Å². The fraction of sp³-hybridized carbons (Fsp3) is 0.682. The average molecular weight is 433 g/mol. The Hall–Kier alpha value is -2.55. The van der Waals surface area contributed by atoms with Gasteiger partial charge in [0.05, 0.1) is 18.6 Å². The number of piperidine rings is 1. The number of pyridine rings is 1. The van der Waals surface area contributed by atoms with Crippen LogP contribution in [-0.4, -0.2) is 65.9 Å². The van der Waals surface area contributed by atoms with Crippen LogP contribution in [0.5, 0.6) is 11.6 Å². The van der Waals surface area contributed by atoms with Crippen molar-refractivity contribution < 1.29 is 24.2 Å². The summed E-state index contributed by atoms with van der Waals surface area (Å²) in [5, 5.41) is 9.82. The largest absolute Gasteiger partial charge is 0.481 e. The maximum Gasteiger partial charge on any atom is 0.410 e. The third kappa shape index (κ3) is 4.15. The first kappa shape index (κ1) is 21.7. The molecule has 1 atom stereocenters. The van der Waals surface area contributed by atoms with Gasteiger partial charge in [0.25, 0.3) is 0 Å². The van der Waals surface area contributed by atoms with Crippen molar-refractivity contribution >= 4 is 17.8 Å². The SMILES string of the molecule is COc1cc(C)c(OC(N)=O)c(N2CCC[C@@]3(CCN(C4CCC(O)CC4)C3=O)C2)n1. The molecule has 3 fully saturated rings. The zero-order valence-corrected chi connectivity index (χ0v) is 18.3. The highest BCUT2D eigenvalue weighted by Gasteiger charge is 2.51. The first-order valence-corrected chi connectivity index (χ1v) is 11.1. The first-order valence-electron chi connectivity index (χ1n) is 11.1. The van der Waals surface area contributed by atoms with Crippen LogP contribution in [0.15, 0.2) is 6.07 Å². The number of aliphatic hydroxyl groups is 1. The Balaban J connectivity index is 1.58. The van der Waals surface area contributed by atoms with Crippen molar-refractivity contribution in [1.29, 1.82) is 0 Å². The molecule has 4 rings (SSSR count). The van der Waals surface area contributed by atoms with Gasteiger partial charge in [0, 0.05) is 37.3 Å². The molecule has 2 aliphatic heterocycles. The molecule has 1 aromatic heterocycles. The van der Waals surface area contributed by atoms with E-state index in [-0.39, 0.29) is 18.1 Å². The minimum absolute atomic E-state index is 0.204. The number of ether oxygens (including phenoxy) is 2. The molecule has 9 heteroatoms. The molecule has 0 unspecified atom stereocenters. The fourth-order valence-corrected chi connectivity index (χ4v) is 5.42. The molecule has 0 radical (unpaired) electrons. The van der Waals surface area contributed by atoms with Crippen LogP contribution in [0, 0.1) is 12.3 Å². The highest BCUT2D eigenvalue weighted by Crippen LogP contribution is 2.45. The van der Waals surface area contributed by atoms with E-state index in [1.807, 2.05) is 16.7 Å². The minimum atomic E-state index is -0.898. The molecule has 2 saturated heterocycles. The Morgan fingerprint density at radius 1 is 1.26 bits per heavy atom. The van der Waals surface area contributed by atoms with Crippen molar-refractivity contribution in [3.8, 4) is 11.6 Å². The normalized spacial score (nSPS) is 28.8. The predicted octanol–water partition coefficient (Wildman–Crippen LogP) is 1.98. The van der Waals surface area contributed by atoms with E-state index >= 15 is 0 Å². The number of hydrogen-bond donors (Lipinski definition) is 2. The molecule has 0 aromatic carbocycles. The third-order valence-corrected chi connectivity index (χ3v) is 7.06. The highest BCUT2D eigenvalue weighted by molar-refractivity contribution is 5.86. The highest BCUT2D eigenvalue weighted by atomic mass is 16.5. The molecular weight excluding hydrogens is 400 g/mol. The zero-order chi connectivity index (χ0) is 22.2. The van der Waals surface area contributed by atoms with Gasteiger partial charge >= 0.3 is 6.09 Å². The molecule has 170 valence electrons. The molecule has 0 bridgehead atoms. The van der Waals surface area contributed by atoms with Gasteiger partial charge in [-0.25, -0.2) is 4.79 Å². The van der Waals surface area contributed by atoms with E-state index in [1.54, 1.807) is 6.07 Å². The second-order valence-corrected chi connectivity index (χ2v) is 9.07. The predicted molar refractivity (Wildman–Crippen MR) is 114 cm³/mol. The zero-order valence-electron chi connectivity index (χ0n) is 18.3. The van der Waals surface area contributed by atoms with Crippen molar-refractivity contribution in [2.75, 3.05) is 31.6 Å². The van der Waals surface area contributed by atoms with Crippen LogP contribution >= 0.6 is 0 Å². The second kappa shape index (κ2) is 8.53. The summed E-state index contributed by atoms with van der Waals surface area (Å²) in [4.78, 5) is 33.7. The molecule has 1 spiro atoms. The number of primary amides is 1. The molecule has 31 heavy (non-hydrogen) atoms. The van der Waals surface area contributed by atoms with Crippen molar-refractivity contribution in [2.45, 2.75) is 64.0 Å². The molecule has 1 saturated carbocycles. The van der Waals surface area contributed by atoms with E-state index in [2.05, 4.69) is 4.98 Å². The number of amides is 2. The van der Waals surface area contributed by atoms with Crippen LogP contribution in [-0.2, 0) is 4.79 Å². The molecule has 9 nitrogen and oxygen atoms in total. The van der Waals surface area contributed by atoms with Gasteiger partial charge in [-0.1, -0.05) is 0 Å². The maximum absolute atomic E-state index is 13.6. The summed E-state index contributed by atoms with van der Waals surface area (Å²) in [6.07, 6.45) is 4.59. The number of aromatic nitrogens is 1. The van der Waals surface area contributed by atoms with Crippen LogP contribution in [0.1, 0.15) is 50.5 Å². The van der Waals surface area contributed by atoms with Crippen molar-refractivity contribution in [3.63, 3.8) is 0 Å². The van der Waals surface area contributed by atoms with Gasteiger partial charge in [-0.05, 0) is 51.9 Å². The van der Waals surface area contributed by atoms with E-state index in [9.17, 15) is 14.7 Å². The van der Waals surface area contributed by atoms with Crippen molar-refractivity contribution in [3.05, 3.63) is 11.6 Å². The number of rotatable bonds is 4. The Morgan fingerprint density at radius 3 is 2.68 bits per heavy atom. The standard InChI is InChI=1S/C22H32N4O5/c1-14-12-17(30-2)24-19(18(14)31-21(23)29)25-10-3-8-22(13-25)9-11-26(20(22)28)15-4-6-16(27)7-5-15/h12,15-16,27H,3-11,13H2,1-2H3,(H2,23,29)/t15?,16?,22-/m1/s1. The lowest BCUT2D eigenvalue weighted by Gasteiger charge is -2.41. The third-order valence-electron chi connectivity index (χ3n) is 7.06. The van der Waals surface area contributed by atoms with Gasteiger partial charge < -0.3 is 30.1 Å². The van der Waals surface area contributed by atoms with Gasteiger partial charge in [0.15, 0.2) is 11.6 Å². The van der Waals surface area contributed by atoms with E-state index in [0.29, 0.717) is 36.1 Å². The molecule has 1 aromatic rings. The Labute approximate surface area is 182 Å². The average Bonchev–Trinajstić information content (AvgIpc) is 3.05. The summed E-state index contributed by atoms with van der Waals surface area (Å²) in [6.45, 7) is 3.79. The number of anilines is 1. The van der Waals surface area contributed by atoms with E-state index in [0.717, 1.165) is 51.5 Å². The van der Waals surface area contributed by atoms with Gasteiger partial charge in [0.1, 0.15) is 0 Å². The van der Waals surface area contributed by atoms with Gasteiger partial charge in [-0.3, -0.25) is 4.79 Å². The Morgan fingerprint density at radius 2 is 2.00 bits per heavy atom. The van der Waals surface area contributed by atoms with Gasteiger partial charge in [-0.15, -0.1) is 0 Å². The molecule has 3 N–H and O–H groups in total. The minimum Gasteiger partial charge on any atom is -0.481 e. The summed E-state index contributed by atoms with van der Waals surface area (Å²) in [5.41, 5.74) is 5.53. The molecule has 3 heterocycles. The summed E-state index contributed by atoms with van der Waals surface area (Å²) < 4.78 is 10.6.